The molecular weight excluding hydrogens is 824 g/mol. The van der Waals surface area contributed by atoms with E-state index in [2.05, 4.69) is 71.3 Å². The van der Waals surface area contributed by atoms with Crippen molar-refractivity contribution in [2.24, 2.45) is 43.6 Å². The molecule has 2 aromatic rings. The fourth-order valence-electron chi connectivity index (χ4n) is 7.11. The second-order valence-corrected chi connectivity index (χ2v) is 18.3. The standard InChI is InChI=1S/C52H59BrN4O4/c1-32(2)23-27-58-44-11-9-12-45(59-28-24-33(3)4)50(44)48-38-17-15-36(54-38)31-37-16-18-39(55-37)49(41-20-22-43(57-41)52(53)42-21-19-40(48)56-42)51-46(60-29-25-34(5)6)13-10-14-47(51)61-30-26-35(7)8/h9-22,31-35H,23-30H2,1-8H3. The van der Waals surface area contributed by atoms with Crippen LogP contribution in [0.2, 0.25) is 0 Å². The lowest BCUT2D eigenvalue weighted by Gasteiger charge is -2.20. The predicted molar refractivity (Wildman–Crippen MR) is 257 cm³/mol. The Hall–Kier alpha value is -5.28. The normalized spacial score (nSPS) is 16.8. The highest BCUT2D eigenvalue weighted by Crippen LogP contribution is 2.44. The summed E-state index contributed by atoms with van der Waals surface area (Å²) in [6.45, 7) is 20.0. The Balaban J connectivity index is 1.40. The number of ether oxygens (including phenoxy) is 4. The van der Waals surface area contributed by atoms with Crippen LogP contribution in [0.1, 0.15) is 92.2 Å². The topological polar surface area (TPSA) is 86.4 Å². The van der Waals surface area contributed by atoms with Crippen molar-refractivity contribution in [2.45, 2.75) is 81.1 Å². The fraction of sp³-hybridized carbons (Fsp3) is 0.385. The minimum atomic E-state index is 0.499. The zero-order valence-electron chi connectivity index (χ0n) is 36.9. The van der Waals surface area contributed by atoms with E-state index in [9.17, 15) is 0 Å². The molecule has 0 saturated carbocycles. The lowest BCUT2D eigenvalue weighted by Crippen LogP contribution is -2.10. The molecule has 318 valence electrons. The number of rotatable bonds is 18. The van der Waals surface area contributed by atoms with Gasteiger partial charge in [0.2, 0.25) is 0 Å². The van der Waals surface area contributed by atoms with Crippen molar-refractivity contribution in [2.75, 3.05) is 26.4 Å². The second-order valence-electron chi connectivity index (χ2n) is 17.5. The molecule has 5 aliphatic heterocycles. The quantitative estimate of drug-likeness (QED) is 0.149. The third-order valence-electron chi connectivity index (χ3n) is 10.7. The zero-order valence-corrected chi connectivity index (χ0v) is 38.5. The molecule has 9 heteroatoms. The van der Waals surface area contributed by atoms with Gasteiger partial charge in [-0.1, -0.05) is 67.5 Å². The van der Waals surface area contributed by atoms with E-state index in [1.807, 2.05) is 91.1 Å². The van der Waals surface area contributed by atoms with Gasteiger partial charge in [0, 0.05) is 11.1 Å². The second kappa shape index (κ2) is 20.1. The maximum absolute atomic E-state index is 6.57. The average molecular weight is 884 g/mol. The Kier molecular flexibility index (Phi) is 14.4. The molecule has 0 radical (unpaired) electrons. The van der Waals surface area contributed by atoms with Crippen molar-refractivity contribution in [3.63, 3.8) is 0 Å². The number of fused-ring (bicyclic) bond motifs is 4. The van der Waals surface area contributed by atoms with Gasteiger partial charge in [-0.25, -0.2) is 20.0 Å². The maximum atomic E-state index is 6.57. The highest BCUT2D eigenvalue weighted by molar-refractivity contribution is 9.12. The molecule has 8 nitrogen and oxygen atoms in total. The summed E-state index contributed by atoms with van der Waals surface area (Å²) in [7, 11) is 0. The van der Waals surface area contributed by atoms with E-state index < -0.39 is 0 Å². The summed E-state index contributed by atoms with van der Waals surface area (Å²) in [6, 6.07) is 12.1. The van der Waals surface area contributed by atoms with E-state index in [-0.39, 0.29) is 0 Å². The molecule has 0 aromatic heterocycles. The van der Waals surface area contributed by atoms with E-state index in [4.69, 9.17) is 38.9 Å². The van der Waals surface area contributed by atoms with Gasteiger partial charge < -0.3 is 18.9 Å². The molecule has 0 atom stereocenters. The van der Waals surface area contributed by atoms with Gasteiger partial charge in [0.1, 0.15) is 23.0 Å². The van der Waals surface area contributed by atoms with Crippen molar-refractivity contribution in [1.29, 1.82) is 0 Å². The van der Waals surface area contributed by atoms with Crippen molar-refractivity contribution < 1.29 is 18.9 Å². The van der Waals surface area contributed by atoms with Crippen molar-refractivity contribution in [1.82, 2.24) is 0 Å². The van der Waals surface area contributed by atoms with E-state index in [0.29, 0.717) is 50.1 Å². The molecule has 5 aliphatic rings. The van der Waals surface area contributed by atoms with Gasteiger partial charge in [-0.15, -0.1) is 0 Å². The number of allylic oxidation sites excluding steroid dienone is 12. The lowest BCUT2D eigenvalue weighted by molar-refractivity contribution is 0.274. The summed E-state index contributed by atoms with van der Waals surface area (Å²) >= 11 is 3.94. The molecule has 5 heterocycles. The minimum Gasteiger partial charge on any atom is -0.493 e. The number of halogens is 1. The molecular formula is C52H59BrN4O4. The Morgan fingerprint density at radius 3 is 1.33 bits per heavy atom. The van der Waals surface area contributed by atoms with Crippen LogP contribution in [0.4, 0.5) is 0 Å². The summed E-state index contributed by atoms with van der Waals surface area (Å²) in [5.74, 6) is 4.95. The average Bonchev–Trinajstić information content (AvgIpc) is 4.05. The Bertz CT molecular complexity index is 2250. The summed E-state index contributed by atoms with van der Waals surface area (Å²) in [5.41, 5.74) is 9.40. The van der Waals surface area contributed by atoms with Gasteiger partial charge in [0.25, 0.3) is 0 Å². The highest BCUT2D eigenvalue weighted by atomic mass is 79.9. The third-order valence-corrected chi connectivity index (χ3v) is 11.5. The zero-order chi connectivity index (χ0) is 43.0. The molecule has 7 rings (SSSR count). The summed E-state index contributed by atoms with van der Waals surface area (Å²) in [5, 5.41) is 0. The predicted octanol–water partition coefficient (Wildman–Crippen LogP) is 13.1. The molecule has 0 N–H and O–H groups in total. The van der Waals surface area contributed by atoms with Gasteiger partial charge in [0.15, 0.2) is 0 Å². The summed E-state index contributed by atoms with van der Waals surface area (Å²) < 4.78 is 27.1. The molecule has 0 fully saturated rings. The van der Waals surface area contributed by atoms with Gasteiger partial charge in [0.05, 0.1) is 87.7 Å². The van der Waals surface area contributed by atoms with Gasteiger partial charge in [-0.3, -0.25) is 0 Å². The van der Waals surface area contributed by atoms with E-state index in [1.165, 1.54) is 0 Å². The molecule has 0 saturated heterocycles. The maximum Gasteiger partial charge on any atom is 0.131 e. The van der Waals surface area contributed by atoms with Crippen LogP contribution >= 0.6 is 15.9 Å². The van der Waals surface area contributed by atoms with Crippen LogP contribution in [0.5, 0.6) is 23.0 Å². The molecule has 0 aliphatic carbocycles. The van der Waals surface area contributed by atoms with Gasteiger partial charge >= 0.3 is 0 Å². The monoisotopic (exact) mass is 882 g/mol. The third kappa shape index (κ3) is 10.8. The number of aliphatic imine (C=N–C) groups is 4. The minimum absolute atomic E-state index is 0.499. The van der Waals surface area contributed by atoms with E-state index >= 15 is 0 Å². The summed E-state index contributed by atoms with van der Waals surface area (Å²) in [4.78, 5) is 21.0. The molecule has 0 unspecified atom stereocenters. The smallest absolute Gasteiger partial charge is 0.131 e. The summed E-state index contributed by atoms with van der Waals surface area (Å²) in [6.07, 6.45) is 22.0. The Morgan fingerprint density at radius 2 is 0.836 bits per heavy atom. The van der Waals surface area contributed by atoms with Crippen LogP contribution in [0.3, 0.4) is 0 Å². The van der Waals surface area contributed by atoms with Crippen LogP contribution in [-0.2, 0) is 0 Å². The molecule has 0 amide bonds. The van der Waals surface area contributed by atoms with Crippen molar-refractivity contribution in [3.05, 3.63) is 129 Å². The largest absolute Gasteiger partial charge is 0.493 e. The number of hydrogen-bond donors (Lipinski definition) is 0. The van der Waals surface area contributed by atoms with Gasteiger partial charge in [-0.05, 0) is 144 Å². The van der Waals surface area contributed by atoms with Crippen LogP contribution in [0.25, 0.3) is 11.1 Å². The lowest BCUT2D eigenvalue weighted by atomic mass is 9.96. The SMILES string of the molecule is CC(C)CCOc1cccc(OCCC(C)C)c1C1=C2C=CC(=N2)C=C2C=CC(=N2)C(c2c(OCCC(C)C)cccc2OCCC(C)C)=C2C=CC(=N2)C(Br)=C2C=CC1=N2. The number of benzene rings is 2. The van der Waals surface area contributed by atoms with Gasteiger partial charge in [-0.2, -0.15) is 0 Å². The van der Waals surface area contributed by atoms with Crippen LogP contribution < -0.4 is 18.9 Å². The molecule has 61 heavy (non-hydrogen) atoms. The number of hydrogen-bond acceptors (Lipinski definition) is 8. The van der Waals surface area contributed by atoms with E-state index in [0.717, 1.165) is 121 Å². The first-order valence-electron chi connectivity index (χ1n) is 21.9. The Labute approximate surface area is 370 Å². The van der Waals surface area contributed by atoms with Crippen molar-refractivity contribution >= 4 is 49.9 Å². The van der Waals surface area contributed by atoms with Crippen molar-refractivity contribution in [3.8, 4) is 23.0 Å². The highest BCUT2D eigenvalue weighted by Gasteiger charge is 2.29. The first kappa shape index (κ1) is 43.8. The van der Waals surface area contributed by atoms with Crippen LogP contribution in [0.15, 0.2) is 138 Å². The Morgan fingerprint density at radius 1 is 0.443 bits per heavy atom. The number of nitrogens with zero attached hydrogens (tertiary/aromatic N) is 4. The molecule has 0 spiro atoms. The van der Waals surface area contributed by atoms with Crippen LogP contribution in [0, 0.1) is 23.7 Å². The first-order chi connectivity index (χ1) is 29.4. The first-order valence-corrected chi connectivity index (χ1v) is 22.7. The fourth-order valence-corrected chi connectivity index (χ4v) is 7.56. The molecule has 2 aromatic carbocycles. The molecule has 8 bridgehead atoms. The van der Waals surface area contributed by atoms with Crippen LogP contribution in [-0.4, -0.2) is 49.3 Å². The van der Waals surface area contributed by atoms with E-state index in [1.54, 1.807) is 0 Å².